The Hall–Kier alpha value is -2.67. The number of carboxylic acid groups (broad SMARTS) is 1. The Kier molecular flexibility index (Phi) is 10.6. The summed E-state index contributed by atoms with van der Waals surface area (Å²) < 4.78 is 66.3. The molecule has 2 aliphatic rings. The van der Waals surface area contributed by atoms with Gasteiger partial charge in [-0.1, -0.05) is 30.3 Å². The van der Waals surface area contributed by atoms with Crippen LogP contribution >= 0.6 is 12.4 Å². The van der Waals surface area contributed by atoms with Crippen LogP contribution in [0, 0.1) is 5.92 Å². The first-order valence-corrected chi connectivity index (χ1v) is 14.4. The molecule has 4 rings (SSSR count). The van der Waals surface area contributed by atoms with Gasteiger partial charge in [0.25, 0.3) is 0 Å². The van der Waals surface area contributed by atoms with Crippen LogP contribution in [0.1, 0.15) is 55.7 Å². The van der Waals surface area contributed by atoms with E-state index in [-0.39, 0.29) is 29.1 Å². The number of benzene rings is 2. The van der Waals surface area contributed by atoms with Gasteiger partial charge in [-0.25, -0.2) is 13.1 Å². The Labute approximate surface area is 237 Å². The van der Waals surface area contributed by atoms with E-state index in [2.05, 4.69) is 10.0 Å². The predicted octanol–water partition coefficient (Wildman–Crippen LogP) is 4.37. The molecule has 1 aliphatic carbocycles. The van der Waals surface area contributed by atoms with E-state index in [9.17, 15) is 36.3 Å². The largest absolute Gasteiger partial charge is 0.480 e. The van der Waals surface area contributed by atoms with Crippen molar-refractivity contribution in [3.05, 3.63) is 65.7 Å². The number of carbonyl (C=O) groups is 2. The van der Waals surface area contributed by atoms with Crippen LogP contribution < -0.4 is 10.0 Å². The smallest absolute Gasteiger partial charge is 0.416 e. The minimum atomic E-state index is -4.55. The van der Waals surface area contributed by atoms with Gasteiger partial charge < -0.3 is 10.4 Å². The number of nitrogens with zero attached hydrogens (tertiary/aromatic N) is 1. The van der Waals surface area contributed by atoms with Crippen molar-refractivity contribution in [2.24, 2.45) is 5.92 Å². The predicted molar refractivity (Wildman–Crippen MR) is 144 cm³/mol. The van der Waals surface area contributed by atoms with Crippen LogP contribution in [0.2, 0.25) is 0 Å². The lowest BCUT2D eigenvalue weighted by molar-refractivity contribution is -0.142. The van der Waals surface area contributed by atoms with Crippen LogP contribution in [0.4, 0.5) is 13.2 Å². The second-order valence-electron chi connectivity index (χ2n) is 10.2. The first-order valence-electron chi connectivity index (χ1n) is 13.0. The minimum absolute atomic E-state index is 0. The fourth-order valence-corrected chi connectivity index (χ4v) is 6.66. The fourth-order valence-electron chi connectivity index (χ4n) is 5.35. The molecule has 13 heteroatoms. The summed E-state index contributed by atoms with van der Waals surface area (Å²) >= 11 is 0. The Balaban J connectivity index is 0.00000441. The van der Waals surface area contributed by atoms with Crippen molar-refractivity contribution in [1.29, 1.82) is 0 Å². The maximum Gasteiger partial charge on any atom is 0.416 e. The lowest BCUT2D eigenvalue weighted by atomic mass is 9.85. The highest BCUT2D eigenvalue weighted by Crippen LogP contribution is 2.31. The monoisotopic (exact) mass is 603 g/mol. The number of hydrogen-bond acceptors (Lipinski definition) is 5. The summed E-state index contributed by atoms with van der Waals surface area (Å²) in [7, 11) is -4.01. The highest BCUT2D eigenvalue weighted by molar-refractivity contribution is 7.89. The summed E-state index contributed by atoms with van der Waals surface area (Å²) in [6.45, 7) is 1.01. The van der Waals surface area contributed by atoms with Crippen molar-refractivity contribution in [3.8, 4) is 0 Å². The maximum atomic E-state index is 13.2. The number of halogens is 4. The molecule has 0 unspecified atom stereocenters. The zero-order valence-electron chi connectivity index (χ0n) is 21.6. The molecule has 0 bridgehead atoms. The standard InChI is InChI=1S/C27H32F3N3O5S.ClH/c28-27(29,30)20-10-14-22(15-11-20)39(37,38)32-21-12-8-19(9-13-21)25(34)31-23(18-5-2-1-3-6-18)17-33-16-4-7-24(33)26(35)36;/h1-3,5-6,10-11,14-15,19,21,23-24,32H,4,7-9,12-13,16-17H2,(H,31,34)(H,35,36);1H/t19?,21?,23-,24+;/m1./s1. The van der Waals surface area contributed by atoms with E-state index in [1.54, 1.807) is 0 Å². The molecule has 2 fully saturated rings. The van der Waals surface area contributed by atoms with E-state index in [0.717, 1.165) is 36.2 Å². The van der Waals surface area contributed by atoms with Crippen molar-refractivity contribution in [1.82, 2.24) is 14.9 Å². The van der Waals surface area contributed by atoms with Crippen molar-refractivity contribution in [3.63, 3.8) is 0 Å². The molecule has 1 aliphatic heterocycles. The van der Waals surface area contributed by atoms with Crippen LogP contribution in [0.25, 0.3) is 0 Å². The van der Waals surface area contributed by atoms with Gasteiger partial charge in [-0.15, -0.1) is 12.4 Å². The van der Waals surface area contributed by atoms with Crippen molar-refractivity contribution >= 4 is 34.3 Å². The van der Waals surface area contributed by atoms with E-state index in [1.165, 1.54) is 0 Å². The third-order valence-corrected chi connectivity index (χ3v) is 9.03. The molecule has 2 aromatic rings. The number of hydrogen-bond donors (Lipinski definition) is 3. The van der Waals surface area contributed by atoms with Gasteiger partial charge in [0, 0.05) is 18.5 Å². The zero-order valence-corrected chi connectivity index (χ0v) is 23.3. The van der Waals surface area contributed by atoms with Gasteiger partial charge in [0.2, 0.25) is 15.9 Å². The Morgan fingerprint density at radius 3 is 2.17 bits per heavy atom. The first kappa shape index (κ1) is 31.9. The molecule has 8 nitrogen and oxygen atoms in total. The number of likely N-dealkylation sites (tertiary alicyclic amines) is 1. The topological polar surface area (TPSA) is 116 Å². The average Bonchev–Trinajstić information content (AvgIpc) is 3.37. The number of rotatable bonds is 9. The summed E-state index contributed by atoms with van der Waals surface area (Å²) in [5.41, 5.74) is -0.0511. The minimum Gasteiger partial charge on any atom is -0.480 e. The van der Waals surface area contributed by atoms with Gasteiger partial charge in [0.15, 0.2) is 0 Å². The van der Waals surface area contributed by atoms with Crippen molar-refractivity contribution < 1.29 is 36.3 Å². The van der Waals surface area contributed by atoms with Crippen LogP contribution in [0.3, 0.4) is 0 Å². The van der Waals surface area contributed by atoms with Gasteiger partial charge in [-0.05, 0) is 74.9 Å². The van der Waals surface area contributed by atoms with Gasteiger partial charge in [0.05, 0.1) is 16.5 Å². The SMILES string of the molecule is Cl.O=C(N[C@H](CN1CCC[C@H]1C(=O)O)c1ccccc1)C1CCC(NS(=O)(=O)c2ccc(C(F)(F)F)cc2)CC1. The molecule has 1 saturated carbocycles. The lowest BCUT2D eigenvalue weighted by Crippen LogP contribution is -2.45. The highest BCUT2D eigenvalue weighted by atomic mass is 35.5. The molecule has 0 radical (unpaired) electrons. The molecule has 1 heterocycles. The molecule has 220 valence electrons. The number of sulfonamides is 1. The maximum absolute atomic E-state index is 13.2. The molecular weight excluding hydrogens is 571 g/mol. The molecule has 1 amide bonds. The average molecular weight is 604 g/mol. The molecule has 3 N–H and O–H groups in total. The van der Waals surface area contributed by atoms with Gasteiger partial charge in [0.1, 0.15) is 6.04 Å². The van der Waals surface area contributed by atoms with E-state index in [0.29, 0.717) is 45.2 Å². The quantitative estimate of drug-likeness (QED) is 0.392. The van der Waals surface area contributed by atoms with Crippen LogP contribution in [-0.4, -0.2) is 55.5 Å². The number of carboxylic acids is 1. The number of alkyl halides is 3. The normalized spacial score (nSPS) is 22.7. The van der Waals surface area contributed by atoms with Crippen molar-refractivity contribution in [2.75, 3.05) is 13.1 Å². The van der Waals surface area contributed by atoms with E-state index in [1.807, 2.05) is 35.2 Å². The third-order valence-electron chi connectivity index (χ3n) is 7.50. The molecule has 1 saturated heterocycles. The van der Waals surface area contributed by atoms with Gasteiger partial charge in [-0.3, -0.25) is 14.5 Å². The molecule has 0 spiro atoms. The Morgan fingerprint density at radius 2 is 1.60 bits per heavy atom. The highest BCUT2D eigenvalue weighted by Gasteiger charge is 2.35. The van der Waals surface area contributed by atoms with Crippen molar-refractivity contribution in [2.45, 2.75) is 67.7 Å². The van der Waals surface area contributed by atoms with Crippen LogP contribution in [-0.2, 0) is 25.8 Å². The summed E-state index contributed by atoms with van der Waals surface area (Å²) in [5, 5.41) is 12.6. The fraction of sp³-hybridized carbons (Fsp3) is 0.481. The number of carbonyl (C=O) groups excluding carboxylic acids is 1. The van der Waals surface area contributed by atoms with E-state index in [4.69, 9.17) is 0 Å². The number of nitrogens with one attached hydrogen (secondary N) is 2. The molecule has 40 heavy (non-hydrogen) atoms. The van der Waals surface area contributed by atoms with Crippen LogP contribution in [0.15, 0.2) is 59.5 Å². The van der Waals surface area contributed by atoms with E-state index >= 15 is 0 Å². The Morgan fingerprint density at radius 1 is 0.975 bits per heavy atom. The molecule has 0 aromatic heterocycles. The summed E-state index contributed by atoms with van der Waals surface area (Å²) in [6.07, 6.45) is -1.52. The number of aliphatic carboxylic acids is 1. The second kappa shape index (κ2) is 13.3. The lowest BCUT2D eigenvalue weighted by Gasteiger charge is -2.31. The van der Waals surface area contributed by atoms with Crippen LogP contribution in [0.5, 0.6) is 0 Å². The summed E-state index contributed by atoms with van der Waals surface area (Å²) in [6, 6.07) is 11.3. The molecule has 2 aromatic carbocycles. The summed E-state index contributed by atoms with van der Waals surface area (Å²) in [5.74, 6) is -1.38. The van der Waals surface area contributed by atoms with Gasteiger partial charge >= 0.3 is 12.1 Å². The Bertz CT molecular complexity index is 1250. The second-order valence-corrected chi connectivity index (χ2v) is 11.9. The van der Waals surface area contributed by atoms with Gasteiger partial charge in [-0.2, -0.15) is 13.2 Å². The zero-order chi connectivity index (χ0) is 28.2. The molecule has 2 atom stereocenters. The third kappa shape index (κ3) is 7.96. The molecular formula is C27H33ClF3N3O5S. The number of amides is 1. The summed E-state index contributed by atoms with van der Waals surface area (Å²) in [4.78, 5) is 26.5. The first-order chi connectivity index (χ1) is 18.4. The van der Waals surface area contributed by atoms with E-state index < -0.39 is 45.9 Å².